The molecule has 0 saturated carbocycles. The van der Waals surface area contributed by atoms with E-state index in [4.69, 9.17) is 22.9 Å². The number of anilines is 1. The van der Waals surface area contributed by atoms with Crippen molar-refractivity contribution in [3.63, 3.8) is 0 Å². The second kappa shape index (κ2) is 5.84. The number of nitrogens with two attached hydrogens (primary N) is 1. The Labute approximate surface area is 119 Å². The molecule has 104 valence electrons. The van der Waals surface area contributed by atoms with Crippen LogP contribution in [0.15, 0.2) is 6.07 Å². The summed E-state index contributed by atoms with van der Waals surface area (Å²) in [5.41, 5.74) is 9.09. The number of hydrogen-bond acceptors (Lipinski definition) is 4. The predicted octanol–water partition coefficient (Wildman–Crippen LogP) is 1.41. The SMILES string of the molecule is CC(C)N(CCO)c1nc2c(cc1C(N)=S)CCC2. The highest BCUT2D eigenvalue weighted by molar-refractivity contribution is 7.80. The molecule has 2 rings (SSSR count). The van der Waals surface area contributed by atoms with Gasteiger partial charge in [-0.3, -0.25) is 0 Å². The molecule has 1 aromatic heterocycles. The van der Waals surface area contributed by atoms with E-state index in [1.807, 2.05) is 0 Å². The van der Waals surface area contributed by atoms with Crippen LogP contribution in [0.25, 0.3) is 0 Å². The molecule has 1 heterocycles. The van der Waals surface area contributed by atoms with E-state index in [1.165, 1.54) is 5.56 Å². The Morgan fingerprint density at radius 3 is 2.84 bits per heavy atom. The van der Waals surface area contributed by atoms with Gasteiger partial charge in [-0.05, 0) is 44.7 Å². The van der Waals surface area contributed by atoms with Crippen LogP contribution in [0.5, 0.6) is 0 Å². The van der Waals surface area contributed by atoms with Gasteiger partial charge in [0.2, 0.25) is 0 Å². The summed E-state index contributed by atoms with van der Waals surface area (Å²) in [6.07, 6.45) is 3.22. The Balaban J connectivity index is 2.50. The van der Waals surface area contributed by atoms with E-state index in [0.717, 1.165) is 36.3 Å². The third-order valence-corrected chi connectivity index (χ3v) is 3.75. The molecular formula is C14H21N3OS. The summed E-state index contributed by atoms with van der Waals surface area (Å²) in [5, 5.41) is 9.24. The molecule has 0 amide bonds. The van der Waals surface area contributed by atoms with Crippen molar-refractivity contribution in [2.75, 3.05) is 18.1 Å². The van der Waals surface area contributed by atoms with Gasteiger partial charge in [0.15, 0.2) is 0 Å². The summed E-state index contributed by atoms with van der Waals surface area (Å²) in [5.74, 6) is 0.817. The molecule has 3 N–H and O–H groups in total. The lowest BCUT2D eigenvalue weighted by molar-refractivity contribution is 0.298. The van der Waals surface area contributed by atoms with Gasteiger partial charge >= 0.3 is 0 Å². The maximum atomic E-state index is 9.24. The third-order valence-electron chi connectivity index (χ3n) is 3.53. The zero-order chi connectivity index (χ0) is 14.0. The van der Waals surface area contributed by atoms with Crippen molar-refractivity contribution in [1.29, 1.82) is 0 Å². The molecule has 19 heavy (non-hydrogen) atoms. The first kappa shape index (κ1) is 14.2. The molecule has 0 saturated heterocycles. The van der Waals surface area contributed by atoms with Crippen molar-refractivity contribution in [2.45, 2.75) is 39.2 Å². The topological polar surface area (TPSA) is 62.4 Å². The first-order chi connectivity index (χ1) is 9.04. The molecule has 1 aliphatic carbocycles. The number of aryl methyl sites for hydroxylation is 2. The largest absolute Gasteiger partial charge is 0.395 e. The molecule has 5 heteroatoms. The Kier molecular flexibility index (Phi) is 4.37. The number of nitrogens with zero attached hydrogens (tertiary/aromatic N) is 2. The summed E-state index contributed by atoms with van der Waals surface area (Å²) < 4.78 is 0. The summed E-state index contributed by atoms with van der Waals surface area (Å²) in [6.45, 7) is 4.79. The number of hydrogen-bond donors (Lipinski definition) is 2. The molecule has 0 unspecified atom stereocenters. The van der Waals surface area contributed by atoms with Gasteiger partial charge in [-0.15, -0.1) is 0 Å². The second-order valence-corrected chi connectivity index (χ2v) is 5.63. The molecule has 4 nitrogen and oxygen atoms in total. The highest BCUT2D eigenvalue weighted by Gasteiger charge is 2.22. The summed E-state index contributed by atoms with van der Waals surface area (Å²) in [7, 11) is 0. The number of aliphatic hydroxyl groups is 1. The smallest absolute Gasteiger partial charge is 0.139 e. The van der Waals surface area contributed by atoms with Gasteiger partial charge in [0.1, 0.15) is 10.8 Å². The number of aromatic nitrogens is 1. The maximum Gasteiger partial charge on any atom is 0.139 e. The molecule has 0 radical (unpaired) electrons. The standard InChI is InChI=1S/C14H21N3OS/c1-9(2)17(6-7-18)14-11(13(15)19)8-10-4-3-5-12(10)16-14/h8-9,18H,3-7H2,1-2H3,(H2,15,19). The fourth-order valence-corrected chi connectivity index (χ4v) is 2.73. The number of thiocarbonyl (C=S) groups is 1. The van der Waals surface area contributed by atoms with Crippen LogP contribution in [0.2, 0.25) is 0 Å². The second-order valence-electron chi connectivity index (χ2n) is 5.19. The van der Waals surface area contributed by atoms with Crippen LogP contribution in [0.3, 0.4) is 0 Å². The fourth-order valence-electron chi connectivity index (χ4n) is 2.58. The van der Waals surface area contributed by atoms with Gasteiger partial charge in [0, 0.05) is 18.3 Å². The van der Waals surface area contributed by atoms with Crippen LogP contribution in [0.1, 0.15) is 37.1 Å². The third kappa shape index (κ3) is 2.87. The molecule has 1 aromatic rings. The van der Waals surface area contributed by atoms with Crippen molar-refractivity contribution >= 4 is 23.0 Å². The highest BCUT2D eigenvalue weighted by Crippen LogP contribution is 2.28. The van der Waals surface area contributed by atoms with Gasteiger partial charge in [0.05, 0.1) is 12.2 Å². The van der Waals surface area contributed by atoms with E-state index in [-0.39, 0.29) is 12.6 Å². The van der Waals surface area contributed by atoms with Gasteiger partial charge < -0.3 is 15.7 Å². The quantitative estimate of drug-likeness (QED) is 0.798. The van der Waals surface area contributed by atoms with Gasteiger partial charge in [-0.2, -0.15) is 0 Å². The first-order valence-corrected chi connectivity index (χ1v) is 7.15. The number of fused-ring (bicyclic) bond motifs is 1. The molecule has 1 aliphatic rings. The normalized spacial score (nSPS) is 13.7. The van der Waals surface area contributed by atoms with Gasteiger partial charge in [-0.25, -0.2) is 4.98 Å². The van der Waals surface area contributed by atoms with E-state index >= 15 is 0 Å². The van der Waals surface area contributed by atoms with E-state index < -0.39 is 0 Å². The van der Waals surface area contributed by atoms with Crippen LogP contribution in [-0.4, -0.2) is 34.3 Å². The van der Waals surface area contributed by atoms with Gasteiger partial charge in [0.25, 0.3) is 0 Å². The summed E-state index contributed by atoms with van der Waals surface area (Å²) >= 11 is 5.16. The average Bonchev–Trinajstić information content (AvgIpc) is 2.81. The lowest BCUT2D eigenvalue weighted by Crippen LogP contribution is -2.36. The minimum absolute atomic E-state index is 0.0910. The van der Waals surface area contributed by atoms with Crippen molar-refractivity contribution in [3.8, 4) is 0 Å². The molecule has 0 bridgehead atoms. The van der Waals surface area contributed by atoms with Crippen LogP contribution < -0.4 is 10.6 Å². The van der Waals surface area contributed by atoms with Crippen molar-refractivity contribution in [1.82, 2.24) is 4.98 Å². The summed E-state index contributed by atoms with van der Waals surface area (Å²) in [6, 6.07) is 2.33. The van der Waals surface area contributed by atoms with Gasteiger partial charge in [-0.1, -0.05) is 12.2 Å². The minimum Gasteiger partial charge on any atom is -0.395 e. The van der Waals surface area contributed by atoms with Crippen molar-refractivity contribution in [3.05, 3.63) is 22.9 Å². The van der Waals surface area contributed by atoms with Crippen LogP contribution in [-0.2, 0) is 12.8 Å². The predicted molar refractivity (Wildman–Crippen MR) is 81.7 cm³/mol. The minimum atomic E-state index is 0.0910. The fraction of sp³-hybridized carbons (Fsp3) is 0.571. The number of rotatable bonds is 5. The summed E-state index contributed by atoms with van der Waals surface area (Å²) in [4.78, 5) is 7.20. The molecule has 0 spiro atoms. The van der Waals surface area contributed by atoms with E-state index in [0.29, 0.717) is 11.5 Å². The number of aliphatic hydroxyl groups excluding tert-OH is 1. The lowest BCUT2D eigenvalue weighted by atomic mass is 10.1. The molecular weight excluding hydrogens is 258 g/mol. The van der Waals surface area contributed by atoms with Crippen molar-refractivity contribution < 1.29 is 5.11 Å². The van der Waals surface area contributed by atoms with Crippen LogP contribution in [0.4, 0.5) is 5.82 Å². The van der Waals surface area contributed by atoms with Crippen molar-refractivity contribution in [2.24, 2.45) is 5.73 Å². The molecule has 0 aliphatic heterocycles. The monoisotopic (exact) mass is 279 g/mol. The van der Waals surface area contributed by atoms with E-state index in [9.17, 15) is 5.11 Å². The Morgan fingerprint density at radius 1 is 1.53 bits per heavy atom. The molecule has 0 atom stereocenters. The Bertz CT molecular complexity index is 488. The van der Waals surface area contributed by atoms with Crippen LogP contribution in [0, 0.1) is 0 Å². The first-order valence-electron chi connectivity index (χ1n) is 6.74. The zero-order valence-corrected chi connectivity index (χ0v) is 12.3. The molecule has 0 fully saturated rings. The highest BCUT2D eigenvalue weighted by atomic mass is 32.1. The molecule has 0 aromatic carbocycles. The Hall–Kier alpha value is -1.20. The zero-order valence-electron chi connectivity index (χ0n) is 11.5. The average molecular weight is 279 g/mol. The van der Waals surface area contributed by atoms with E-state index in [2.05, 4.69) is 24.8 Å². The maximum absolute atomic E-state index is 9.24. The van der Waals surface area contributed by atoms with E-state index in [1.54, 1.807) is 0 Å². The number of pyridine rings is 1. The van der Waals surface area contributed by atoms with Crippen LogP contribution >= 0.6 is 12.2 Å². The lowest BCUT2D eigenvalue weighted by Gasteiger charge is -2.29. The Morgan fingerprint density at radius 2 is 2.26 bits per heavy atom.